The number of carbonyl (C=O) groups excluding carboxylic acids is 1. The number of nitrogens with one attached hydrogen (secondary N) is 1. The van der Waals surface area contributed by atoms with E-state index in [0.717, 1.165) is 5.56 Å². The Labute approximate surface area is 87.7 Å². The predicted molar refractivity (Wildman–Crippen MR) is 56.3 cm³/mol. The van der Waals surface area contributed by atoms with E-state index in [1.54, 1.807) is 32.4 Å². The summed E-state index contributed by atoms with van der Waals surface area (Å²) in [4.78, 5) is 9.97. The third kappa shape index (κ3) is 2.98. The highest BCUT2D eigenvalue weighted by Crippen LogP contribution is 2.22. The zero-order chi connectivity index (χ0) is 11.1. The van der Waals surface area contributed by atoms with Crippen LogP contribution in [0, 0.1) is 0 Å². The van der Waals surface area contributed by atoms with E-state index in [0.29, 0.717) is 17.9 Å². The summed E-state index contributed by atoms with van der Waals surface area (Å²) in [7, 11) is 3.13. The van der Waals surface area contributed by atoms with Crippen LogP contribution in [0.25, 0.3) is 0 Å². The molecule has 0 unspecified atom stereocenters. The highest BCUT2D eigenvalue weighted by atomic mass is 16.5. The first-order valence-electron chi connectivity index (χ1n) is 4.26. The molecular formula is C10H12N2O3. The molecule has 0 spiro atoms. The van der Waals surface area contributed by atoms with Crippen molar-refractivity contribution in [1.82, 2.24) is 5.43 Å². The number of ether oxygens (including phenoxy) is 2. The van der Waals surface area contributed by atoms with Gasteiger partial charge < -0.3 is 9.47 Å². The largest absolute Gasteiger partial charge is 0.497 e. The van der Waals surface area contributed by atoms with E-state index in [1.165, 1.54) is 6.21 Å². The molecule has 5 nitrogen and oxygen atoms in total. The van der Waals surface area contributed by atoms with Gasteiger partial charge in [0.25, 0.3) is 0 Å². The molecule has 0 aliphatic carbocycles. The molecule has 15 heavy (non-hydrogen) atoms. The first kappa shape index (κ1) is 11.0. The zero-order valence-corrected chi connectivity index (χ0v) is 8.56. The lowest BCUT2D eigenvalue weighted by Crippen LogP contribution is -2.01. The zero-order valence-electron chi connectivity index (χ0n) is 8.56. The van der Waals surface area contributed by atoms with Gasteiger partial charge in [-0.1, -0.05) is 0 Å². The first-order chi connectivity index (χ1) is 7.31. The Morgan fingerprint density at radius 2 is 2.13 bits per heavy atom. The van der Waals surface area contributed by atoms with Crippen LogP contribution in [0.1, 0.15) is 5.56 Å². The summed E-state index contributed by atoms with van der Waals surface area (Å²) < 4.78 is 10.2. The van der Waals surface area contributed by atoms with Crippen molar-refractivity contribution in [3.63, 3.8) is 0 Å². The molecule has 1 rings (SSSR count). The number of hydrogen-bond acceptors (Lipinski definition) is 4. The molecular weight excluding hydrogens is 196 g/mol. The van der Waals surface area contributed by atoms with E-state index in [2.05, 4.69) is 10.5 Å². The van der Waals surface area contributed by atoms with Gasteiger partial charge >= 0.3 is 0 Å². The van der Waals surface area contributed by atoms with Gasteiger partial charge in [0.15, 0.2) is 0 Å². The van der Waals surface area contributed by atoms with Crippen LogP contribution in [-0.4, -0.2) is 26.8 Å². The molecule has 1 N–H and O–H groups in total. The van der Waals surface area contributed by atoms with E-state index < -0.39 is 0 Å². The third-order valence-electron chi connectivity index (χ3n) is 1.77. The van der Waals surface area contributed by atoms with Crippen LogP contribution in [-0.2, 0) is 4.79 Å². The van der Waals surface area contributed by atoms with Gasteiger partial charge in [0.2, 0.25) is 6.41 Å². The maximum absolute atomic E-state index is 9.97. The lowest BCUT2D eigenvalue weighted by atomic mass is 10.2. The average Bonchev–Trinajstić information content (AvgIpc) is 2.29. The minimum Gasteiger partial charge on any atom is -0.497 e. The summed E-state index contributed by atoms with van der Waals surface area (Å²) in [6.07, 6.45) is 1.99. The van der Waals surface area contributed by atoms with Crippen LogP contribution >= 0.6 is 0 Å². The number of carbonyl (C=O) groups is 1. The lowest BCUT2D eigenvalue weighted by Gasteiger charge is -2.06. The maximum atomic E-state index is 9.97. The van der Waals surface area contributed by atoms with E-state index in [1.807, 2.05) is 0 Å². The Morgan fingerprint density at radius 3 is 2.73 bits per heavy atom. The number of amides is 1. The highest BCUT2D eigenvalue weighted by molar-refractivity contribution is 5.84. The third-order valence-corrected chi connectivity index (χ3v) is 1.77. The van der Waals surface area contributed by atoms with Gasteiger partial charge in [0.1, 0.15) is 11.5 Å². The quantitative estimate of drug-likeness (QED) is 0.442. The minimum absolute atomic E-state index is 0.493. The Bertz CT molecular complexity index is 364. The molecule has 0 heterocycles. The fourth-order valence-electron chi connectivity index (χ4n) is 1.06. The summed E-state index contributed by atoms with van der Waals surface area (Å²) in [6, 6.07) is 5.31. The second-order valence-corrected chi connectivity index (χ2v) is 2.61. The van der Waals surface area contributed by atoms with Gasteiger partial charge in [0, 0.05) is 11.6 Å². The van der Waals surface area contributed by atoms with Crippen molar-refractivity contribution >= 4 is 12.6 Å². The molecule has 0 bridgehead atoms. The molecule has 1 amide bonds. The first-order valence-corrected chi connectivity index (χ1v) is 4.26. The molecule has 0 fully saturated rings. The fraction of sp³-hybridized carbons (Fsp3) is 0.200. The van der Waals surface area contributed by atoms with Gasteiger partial charge in [0.05, 0.1) is 20.4 Å². The van der Waals surface area contributed by atoms with E-state index in [4.69, 9.17) is 9.47 Å². The molecule has 5 heteroatoms. The Hall–Kier alpha value is -2.04. The van der Waals surface area contributed by atoms with Gasteiger partial charge in [-0.05, 0) is 12.1 Å². The summed E-state index contributed by atoms with van der Waals surface area (Å²) >= 11 is 0. The highest BCUT2D eigenvalue weighted by Gasteiger charge is 2.01. The fourth-order valence-corrected chi connectivity index (χ4v) is 1.06. The molecule has 0 radical (unpaired) electrons. The van der Waals surface area contributed by atoms with Crippen LogP contribution in [0.4, 0.5) is 0 Å². The lowest BCUT2D eigenvalue weighted by molar-refractivity contribution is -0.109. The van der Waals surface area contributed by atoms with Crippen LogP contribution in [0.3, 0.4) is 0 Å². The Morgan fingerprint density at radius 1 is 1.33 bits per heavy atom. The van der Waals surface area contributed by atoms with E-state index in [9.17, 15) is 4.79 Å². The molecule has 0 aromatic heterocycles. The predicted octanol–water partition coefficient (Wildman–Crippen LogP) is 0.784. The van der Waals surface area contributed by atoms with Crippen LogP contribution in [0.15, 0.2) is 23.3 Å². The standard InChI is InChI=1S/C10H12N2O3/c1-14-9-4-3-8(6-11-12-7-13)10(5-9)15-2/h3-7H,1-2H3,(H,12,13)/b11-6-. The van der Waals surface area contributed by atoms with Crippen molar-refractivity contribution in [2.75, 3.05) is 14.2 Å². The van der Waals surface area contributed by atoms with Crippen molar-refractivity contribution in [2.24, 2.45) is 5.10 Å². The number of methoxy groups -OCH3 is 2. The molecule has 80 valence electrons. The van der Waals surface area contributed by atoms with Crippen LogP contribution in [0.5, 0.6) is 11.5 Å². The van der Waals surface area contributed by atoms with Crippen molar-refractivity contribution in [3.8, 4) is 11.5 Å². The number of hydrogen-bond donors (Lipinski definition) is 1. The second kappa shape index (κ2) is 5.64. The summed E-state index contributed by atoms with van der Waals surface area (Å²) in [5.41, 5.74) is 2.94. The molecule has 0 aliphatic heterocycles. The number of hydrazone groups is 1. The summed E-state index contributed by atoms with van der Waals surface area (Å²) in [5.74, 6) is 1.33. The van der Waals surface area contributed by atoms with Crippen molar-refractivity contribution in [2.45, 2.75) is 0 Å². The molecule has 1 aromatic carbocycles. The van der Waals surface area contributed by atoms with Gasteiger partial charge in [-0.15, -0.1) is 0 Å². The number of nitrogens with zero attached hydrogens (tertiary/aromatic N) is 1. The second-order valence-electron chi connectivity index (χ2n) is 2.61. The summed E-state index contributed by atoms with van der Waals surface area (Å²) in [6.45, 7) is 0. The smallest absolute Gasteiger partial charge is 0.227 e. The SMILES string of the molecule is COc1ccc(/C=N\NC=O)c(OC)c1. The van der Waals surface area contributed by atoms with E-state index in [-0.39, 0.29) is 0 Å². The van der Waals surface area contributed by atoms with Crippen molar-refractivity contribution < 1.29 is 14.3 Å². The van der Waals surface area contributed by atoms with Gasteiger partial charge in [-0.25, -0.2) is 5.43 Å². The molecule has 0 saturated heterocycles. The molecule has 1 aromatic rings. The number of rotatable bonds is 5. The molecule has 0 atom stereocenters. The van der Waals surface area contributed by atoms with Crippen molar-refractivity contribution in [1.29, 1.82) is 0 Å². The van der Waals surface area contributed by atoms with Gasteiger partial charge in [-0.2, -0.15) is 5.10 Å². The molecule has 0 saturated carbocycles. The Balaban J connectivity index is 2.91. The average molecular weight is 208 g/mol. The van der Waals surface area contributed by atoms with Gasteiger partial charge in [-0.3, -0.25) is 4.79 Å². The van der Waals surface area contributed by atoms with Crippen LogP contribution < -0.4 is 14.9 Å². The Kier molecular flexibility index (Phi) is 4.15. The maximum Gasteiger partial charge on any atom is 0.227 e. The topological polar surface area (TPSA) is 59.9 Å². The number of benzene rings is 1. The van der Waals surface area contributed by atoms with Crippen molar-refractivity contribution in [3.05, 3.63) is 23.8 Å². The monoisotopic (exact) mass is 208 g/mol. The van der Waals surface area contributed by atoms with E-state index >= 15 is 0 Å². The summed E-state index contributed by atoms with van der Waals surface area (Å²) in [5, 5.41) is 3.66. The normalized spacial score (nSPS) is 10.0. The van der Waals surface area contributed by atoms with Crippen LogP contribution in [0.2, 0.25) is 0 Å². The minimum atomic E-state index is 0.493. The molecule has 0 aliphatic rings.